The molecule has 0 bridgehead atoms. The second-order valence-corrected chi connectivity index (χ2v) is 7.05. The number of carbonyl (C=O) groups is 2. The predicted molar refractivity (Wildman–Crippen MR) is 105 cm³/mol. The quantitative estimate of drug-likeness (QED) is 0.737. The van der Waals surface area contributed by atoms with Crippen molar-refractivity contribution in [1.29, 1.82) is 0 Å². The Kier molecular flexibility index (Phi) is 6.27. The molecule has 1 atom stereocenters. The van der Waals surface area contributed by atoms with Crippen molar-refractivity contribution < 1.29 is 9.59 Å². The smallest absolute Gasteiger partial charge is 0.287 e. The summed E-state index contributed by atoms with van der Waals surface area (Å²) in [7, 11) is 0. The average Bonchev–Trinajstić information content (AvgIpc) is 3.09. The van der Waals surface area contributed by atoms with Gasteiger partial charge in [-0.05, 0) is 38.2 Å². The molecule has 0 radical (unpaired) electrons. The SMILES string of the molecule is CCCCNC(=O)c1nc(C(=O)NC(C)c2ccccc2)n2c1CCCC2. The molecule has 1 aromatic heterocycles. The van der Waals surface area contributed by atoms with E-state index in [0.717, 1.165) is 49.9 Å². The lowest BCUT2D eigenvalue weighted by atomic mass is 10.1. The minimum atomic E-state index is -0.234. The molecule has 27 heavy (non-hydrogen) atoms. The van der Waals surface area contributed by atoms with E-state index in [9.17, 15) is 9.59 Å². The van der Waals surface area contributed by atoms with Gasteiger partial charge in [0.05, 0.1) is 11.7 Å². The number of amides is 2. The third kappa shape index (κ3) is 4.38. The first-order chi connectivity index (χ1) is 13.1. The number of benzene rings is 1. The van der Waals surface area contributed by atoms with Crippen molar-refractivity contribution in [3.63, 3.8) is 0 Å². The average molecular weight is 368 g/mol. The Morgan fingerprint density at radius 1 is 1.19 bits per heavy atom. The number of nitrogens with zero attached hydrogens (tertiary/aromatic N) is 2. The summed E-state index contributed by atoms with van der Waals surface area (Å²) in [5.41, 5.74) is 2.32. The number of imidazole rings is 1. The molecule has 0 aliphatic carbocycles. The molecule has 1 unspecified atom stereocenters. The maximum Gasteiger partial charge on any atom is 0.287 e. The van der Waals surface area contributed by atoms with Gasteiger partial charge in [-0.25, -0.2) is 4.98 Å². The van der Waals surface area contributed by atoms with Crippen LogP contribution in [0.25, 0.3) is 0 Å². The number of fused-ring (bicyclic) bond motifs is 1. The maximum absolute atomic E-state index is 12.9. The van der Waals surface area contributed by atoms with Crippen LogP contribution >= 0.6 is 0 Å². The van der Waals surface area contributed by atoms with E-state index >= 15 is 0 Å². The second-order valence-electron chi connectivity index (χ2n) is 7.05. The molecule has 0 saturated carbocycles. The van der Waals surface area contributed by atoms with E-state index in [-0.39, 0.29) is 17.9 Å². The monoisotopic (exact) mass is 368 g/mol. The van der Waals surface area contributed by atoms with Crippen LogP contribution < -0.4 is 10.6 Å². The molecule has 1 aliphatic rings. The number of aromatic nitrogens is 2. The molecule has 1 aliphatic heterocycles. The van der Waals surface area contributed by atoms with Crippen LogP contribution in [0.1, 0.15) is 77.9 Å². The molecule has 1 aromatic carbocycles. The van der Waals surface area contributed by atoms with Crippen molar-refractivity contribution in [2.75, 3.05) is 6.54 Å². The summed E-state index contributed by atoms with van der Waals surface area (Å²) in [5, 5.41) is 5.94. The number of rotatable bonds is 7. The number of carbonyl (C=O) groups excluding carboxylic acids is 2. The lowest BCUT2D eigenvalue weighted by molar-refractivity contribution is 0.0923. The van der Waals surface area contributed by atoms with Crippen molar-refractivity contribution in [3.8, 4) is 0 Å². The van der Waals surface area contributed by atoms with Gasteiger partial charge in [0.25, 0.3) is 11.8 Å². The van der Waals surface area contributed by atoms with Crippen molar-refractivity contribution in [2.24, 2.45) is 0 Å². The van der Waals surface area contributed by atoms with Gasteiger partial charge in [-0.2, -0.15) is 0 Å². The van der Waals surface area contributed by atoms with Crippen LogP contribution in [0.4, 0.5) is 0 Å². The number of hydrogen-bond acceptors (Lipinski definition) is 3. The molecule has 2 aromatic rings. The van der Waals surface area contributed by atoms with Crippen LogP contribution in [-0.2, 0) is 13.0 Å². The van der Waals surface area contributed by atoms with E-state index in [4.69, 9.17) is 0 Å². The van der Waals surface area contributed by atoms with Crippen LogP contribution in [0.2, 0.25) is 0 Å². The van der Waals surface area contributed by atoms with E-state index in [2.05, 4.69) is 22.5 Å². The van der Waals surface area contributed by atoms with Crippen molar-refractivity contribution >= 4 is 11.8 Å². The fourth-order valence-corrected chi connectivity index (χ4v) is 3.45. The van der Waals surface area contributed by atoms with Crippen molar-refractivity contribution in [1.82, 2.24) is 20.2 Å². The van der Waals surface area contributed by atoms with Gasteiger partial charge in [0.1, 0.15) is 5.69 Å². The summed E-state index contributed by atoms with van der Waals surface area (Å²) in [6, 6.07) is 9.70. The largest absolute Gasteiger partial charge is 0.351 e. The van der Waals surface area contributed by atoms with Crippen LogP contribution in [0, 0.1) is 0 Å². The standard InChI is InChI=1S/C21H28N4O2/c1-3-4-13-22-20(26)18-17-12-8-9-14-25(17)19(24-18)21(27)23-15(2)16-10-6-5-7-11-16/h5-7,10-11,15H,3-4,8-9,12-14H2,1-2H3,(H,22,26)(H,23,27). The van der Waals surface area contributed by atoms with E-state index in [1.807, 2.05) is 41.8 Å². The van der Waals surface area contributed by atoms with Crippen molar-refractivity contribution in [3.05, 3.63) is 53.1 Å². The summed E-state index contributed by atoms with van der Waals surface area (Å²) in [6.07, 6.45) is 4.75. The molecule has 0 spiro atoms. The third-order valence-corrected chi connectivity index (χ3v) is 5.00. The van der Waals surface area contributed by atoms with Crippen LogP contribution in [-0.4, -0.2) is 27.9 Å². The Labute approximate surface area is 160 Å². The Bertz CT molecular complexity index is 798. The highest BCUT2D eigenvalue weighted by Gasteiger charge is 2.27. The second kappa shape index (κ2) is 8.84. The third-order valence-electron chi connectivity index (χ3n) is 5.00. The number of hydrogen-bond donors (Lipinski definition) is 2. The lowest BCUT2D eigenvalue weighted by Gasteiger charge is -2.18. The first kappa shape index (κ1) is 19.1. The first-order valence-electron chi connectivity index (χ1n) is 9.85. The zero-order valence-electron chi connectivity index (χ0n) is 16.1. The molecular formula is C21H28N4O2. The predicted octanol–water partition coefficient (Wildman–Crippen LogP) is 3.24. The Morgan fingerprint density at radius 3 is 2.70 bits per heavy atom. The van der Waals surface area contributed by atoms with Crippen molar-refractivity contribution in [2.45, 2.75) is 58.5 Å². The summed E-state index contributed by atoms with van der Waals surface area (Å²) in [4.78, 5) is 29.9. The van der Waals surface area contributed by atoms with E-state index in [1.54, 1.807) is 0 Å². The maximum atomic E-state index is 12.9. The summed E-state index contributed by atoms with van der Waals surface area (Å²) in [5.74, 6) is -0.0699. The van der Waals surface area contributed by atoms with Gasteiger partial charge in [-0.1, -0.05) is 43.7 Å². The van der Waals surface area contributed by atoms with Gasteiger partial charge in [0, 0.05) is 13.1 Å². The minimum Gasteiger partial charge on any atom is -0.351 e. The van der Waals surface area contributed by atoms with Gasteiger partial charge < -0.3 is 15.2 Å². The molecular weight excluding hydrogens is 340 g/mol. The number of nitrogens with one attached hydrogen (secondary N) is 2. The zero-order chi connectivity index (χ0) is 19.2. The summed E-state index contributed by atoms with van der Waals surface area (Å²) >= 11 is 0. The highest BCUT2D eigenvalue weighted by molar-refractivity contribution is 5.97. The highest BCUT2D eigenvalue weighted by atomic mass is 16.2. The molecule has 144 valence electrons. The fourth-order valence-electron chi connectivity index (χ4n) is 3.45. The molecule has 0 fully saturated rings. The van der Waals surface area contributed by atoms with Crippen LogP contribution in [0.15, 0.2) is 30.3 Å². The number of unbranched alkanes of at least 4 members (excludes halogenated alkanes) is 1. The topological polar surface area (TPSA) is 76.0 Å². The van der Waals surface area contributed by atoms with Gasteiger partial charge >= 0.3 is 0 Å². The van der Waals surface area contributed by atoms with Gasteiger partial charge in [0.2, 0.25) is 0 Å². The van der Waals surface area contributed by atoms with Crippen LogP contribution in [0.3, 0.4) is 0 Å². The van der Waals surface area contributed by atoms with Gasteiger partial charge in [-0.15, -0.1) is 0 Å². The molecule has 2 heterocycles. The Hall–Kier alpha value is -2.63. The molecule has 0 saturated heterocycles. The molecule has 6 heteroatoms. The fraction of sp³-hybridized carbons (Fsp3) is 0.476. The minimum absolute atomic E-state index is 0.128. The van der Waals surface area contributed by atoms with Crippen LogP contribution in [0.5, 0.6) is 0 Å². The zero-order valence-corrected chi connectivity index (χ0v) is 16.1. The molecule has 2 amide bonds. The first-order valence-corrected chi connectivity index (χ1v) is 9.85. The lowest BCUT2D eigenvalue weighted by Crippen LogP contribution is -2.30. The molecule has 6 nitrogen and oxygen atoms in total. The normalized spacial score (nSPS) is 14.3. The van der Waals surface area contributed by atoms with Gasteiger partial charge in [0.15, 0.2) is 5.82 Å². The Morgan fingerprint density at radius 2 is 1.96 bits per heavy atom. The van der Waals surface area contributed by atoms with Gasteiger partial charge in [-0.3, -0.25) is 9.59 Å². The highest BCUT2D eigenvalue weighted by Crippen LogP contribution is 2.22. The Balaban J connectivity index is 1.80. The summed E-state index contributed by atoms with van der Waals surface area (Å²) < 4.78 is 1.92. The summed E-state index contributed by atoms with van der Waals surface area (Å²) in [6.45, 7) is 5.40. The van der Waals surface area contributed by atoms with E-state index in [0.29, 0.717) is 18.1 Å². The molecule has 2 N–H and O–H groups in total. The molecule has 3 rings (SSSR count). The van der Waals surface area contributed by atoms with E-state index < -0.39 is 0 Å². The van der Waals surface area contributed by atoms with E-state index in [1.165, 1.54) is 0 Å².